The van der Waals surface area contributed by atoms with Crippen LogP contribution in [0.3, 0.4) is 0 Å². The lowest BCUT2D eigenvalue weighted by Crippen LogP contribution is -2.40. The fourth-order valence-electron chi connectivity index (χ4n) is 3.57. The lowest BCUT2D eigenvalue weighted by molar-refractivity contribution is -0.132. The topological polar surface area (TPSA) is 64.4 Å². The molecular formula is C21H21N3O3. The summed E-state index contributed by atoms with van der Waals surface area (Å²) in [6, 6.07) is 13.2. The first-order valence-corrected chi connectivity index (χ1v) is 8.96. The van der Waals surface area contributed by atoms with Crippen molar-refractivity contribution in [2.75, 3.05) is 13.7 Å². The first-order valence-electron chi connectivity index (χ1n) is 8.96. The molecular weight excluding hydrogens is 342 g/mol. The highest BCUT2D eigenvalue weighted by Crippen LogP contribution is 2.24. The number of aromatic nitrogens is 2. The van der Waals surface area contributed by atoms with E-state index in [4.69, 9.17) is 4.74 Å². The van der Waals surface area contributed by atoms with Crippen LogP contribution in [0.4, 0.5) is 0 Å². The molecule has 27 heavy (non-hydrogen) atoms. The molecule has 0 saturated carbocycles. The summed E-state index contributed by atoms with van der Waals surface area (Å²) in [6.07, 6.45) is 0.801. The lowest BCUT2D eigenvalue weighted by atomic mass is 9.99. The van der Waals surface area contributed by atoms with Crippen LogP contribution < -0.4 is 10.3 Å². The van der Waals surface area contributed by atoms with E-state index in [1.807, 2.05) is 30.3 Å². The van der Waals surface area contributed by atoms with Crippen molar-refractivity contribution in [3.05, 3.63) is 69.8 Å². The summed E-state index contributed by atoms with van der Waals surface area (Å²) in [6.45, 7) is 2.94. The Balaban J connectivity index is 1.60. The Bertz CT molecular complexity index is 1090. The van der Waals surface area contributed by atoms with Crippen LogP contribution in [0.1, 0.15) is 17.0 Å². The molecule has 1 amide bonds. The van der Waals surface area contributed by atoms with Gasteiger partial charge in [-0.15, -0.1) is 0 Å². The maximum Gasteiger partial charge on any atom is 0.261 e. The molecule has 3 aromatic rings. The van der Waals surface area contributed by atoms with E-state index in [1.165, 1.54) is 10.1 Å². The molecule has 2 aromatic carbocycles. The van der Waals surface area contributed by atoms with Gasteiger partial charge >= 0.3 is 0 Å². The first kappa shape index (κ1) is 17.3. The summed E-state index contributed by atoms with van der Waals surface area (Å²) in [5.74, 6) is 1.26. The molecule has 0 saturated heterocycles. The van der Waals surface area contributed by atoms with Gasteiger partial charge < -0.3 is 9.64 Å². The minimum absolute atomic E-state index is 0.00179. The van der Waals surface area contributed by atoms with Gasteiger partial charge in [-0.3, -0.25) is 14.2 Å². The normalized spacial score (nSPS) is 13.5. The van der Waals surface area contributed by atoms with Gasteiger partial charge in [0.05, 0.1) is 18.0 Å². The molecule has 0 aliphatic carbocycles. The summed E-state index contributed by atoms with van der Waals surface area (Å²) in [5, 5.41) is 0.532. The lowest BCUT2D eigenvalue weighted by Gasteiger charge is -2.29. The van der Waals surface area contributed by atoms with Crippen LogP contribution >= 0.6 is 0 Å². The van der Waals surface area contributed by atoms with Gasteiger partial charge in [0.1, 0.15) is 18.1 Å². The molecule has 0 bridgehead atoms. The number of hydrogen-bond acceptors (Lipinski definition) is 4. The van der Waals surface area contributed by atoms with E-state index in [2.05, 4.69) is 11.1 Å². The van der Waals surface area contributed by atoms with Crippen LogP contribution in [-0.2, 0) is 24.3 Å². The Morgan fingerprint density at radius 1 is 1.19 bits per heavy atom. The van der Waals surface area contributed by atoms with Crippen LogP contribution in [0.25, 0.3) is 10.9 Å². The van der Waals surface area contributed by atoms with Crippen molar-refractivity contribution in [2.24, 2.45) is 0 Å². The molecule has 1 aliphatic heterocycles. The number of hydrogen-bond donors (Lipinski definition) is 0. The maximum absolute atomic E-state index is 12.9. The van der Waals surface area contributed by atoms with Crippen LogP contribution in [0.15, 0.2) is 47.3 Å². The number of ether oxygens (including phenoxy) is 1. The van der Waals surface area contributed by atoms with Crippen molar-refractivity contribution < 1.29 is 9.53 Å². The number of benzene rings is 2. The molecule has 6 heteroatoms. The molecule has 4 rings (SSSR count). The van der Waals surface area contributed by atoms with Gasteiger partial charge in [-0.2, -0.15) is 0 Å². The molecule has 0 radical (unpaired) electrons. The van der Waals surface area contributed by atoms with Gasteiger partial charge in [0.25, 0.3) is 5.56 Å². The highest BCUT2D eigenvalue weighted by atomic mass is 16.5. The zero-order valence-corrected chi connectivity index (χ0v) is 15.4. The minimum Gasteiger partial charge on any atom is -0.497 e. The number of nitrogens with zero attached hydrogens (tertiary/aromatic N) is 3. The van der Waals surface area contributed by atoms with Crippen molar-refractivity contribution in [1.29, 1.82) is 0 Å². The number of para-hydroxylation sites is 1. The second-order valence-electron chi connectivity index (χ2n) is 6.77. The molecule has 1 aliphatic rings. The fraction of sp³-hybridized carbons (Fsp3) is 0.286. The third-order valence-corrected chi connectivity index (χ3v) is 5.12. The predicted octanol–water partition coefficient (Wildman–Crippen LogP) is 2.30. The molecule has 0 fully saturated rings. The quantitative estimate of drug-likeness (QED) is 0.716. The highest BCUT2D eigenvalue weighted by molar-refractivity contribution is 5.79. The Hall–Kier alpha value is -3.15. The minimum atomic E-state index is -0.175. The van der Waals surface area contributed by atoms with E-state index < -0.39 is 0 Å². The summed E-state index contributed by atoms with van der Waals surface area (Å²) in [4.78, 5) is 31.9. The molecule has 6 nitrogen and oxygen atoms in total. The molecule has 0 spiro atoms. The average molecular weight is 363 g/mol. The molecule has 0 atom stereocenters. The Kier molecular flexibility index (Phi) is 4.39. The van der Waals surface area contributed by atoms with Crippen molar-refractivity contribution in [3.63, 3.8) is 0 Å². The van der Waals surface area contributed by atoms with Crippen molar-refractivity contribution >= 4 is 16.8 Å². The SMILES string of the molecule is COc1ccc2c(c1)CN(C(=O)Cn1c(C)nc3ccccc3c1=O)CC2. The van der Waals surface area contributed by atoms with Gasteiger partial charge in [-0.05, 0) is 48.7 Å². The van der Waals surface area contributed by atoms with E-state index in [0.29, 0.717) is 29.8 Å². The van der Waals surface area contributed by atoms with Gasteiger partial charge in [-0.25, -0.2) is 4.98 Å². The second kappa shape index (κ2) is 6.87. The van der Waals surface area contributed by atoms with Crippen LogP contribution in [0, 0.1) is 6.92 Å². The average Bonchev–Trinajstić information content (AvgIpc) is 2.70. The standard InChI is InChI=1S/C21H21N3O3/c1-14-22-19-6-4-3-5-18(19)21(26)24(14)13-20(25)23-10-9-15-7-8-17(27-2)11-16(15)12-23/h3-8,11H,9-10,12-13H2,1-2H3. The summed E-state index contributed by atoms with van der Waals surface area (Å²) in [7, 11) is 1.63. The van der Waals surface area contributed by atoms with Crippen molar-refractivity contribution in [1.82, 2.24) is 14.5 Å². The Morgan fingerprint density at radius 3 is 2.81 bits per heavy atom. The molecule has 138 valence electrons. The third kappa shape index (κ3) is 3.18. The van der Waals surface area contributed by atoms with E-state index in [1.54, 1.807) is 25.0 Å². The highest BCUT2D eigenvalue weighted by Gasteiger charge is 2.22. The summed E-state index contributed by atoms with van der Waals surface area (Å²) >= 11 is 0. The zero-order chi connectivity index (χ0) is 19.0. The van der Waals surface area contributed by atoms with E-state index in [-0.39, 0.29) is 18.0 Å². The number of methoxy groups -OCH3 is 1. The van der Waals surface area contributed by atoms with Crippen molar-refractivity contribution in [3.8, 4) is 5.75 Å². The van der Waals surface area contributed by atoms with E-state index >= 15 is 0 Å². The number of carbonyl (C=O) groups is 1. The van der Waals surface area contributed by atoms with Crippen LogP contribution in [-0.4, -0.2) is 34.0 Å². The third-order valence-electron chi connectivity index (χ3n) is 5.12. The van der Waals surface area contributed by atoms with E-state index in [9.17, 15) is 9.59 Å². The van der Waals surface area contributed by atoms with Gasteiger partial charge in [0.15, 0.2) is 0 Å². The Morgan fingerprint density at radius 2 is 2.00 bits per heavy atom. The van der Waals surface area contributed by atoms with Gasteiger partial charge in [0.2, 0.25) is 5.91 Å². The van der Waals surface area contributed by atoms with Gasteiger partial charge in [-0.1, -0.05) is 18.2 Å². The molecule has 2 heterocycles. The number of rotatable bonds is 3. The largest absolute Gasteiger partial charge is 0.497 e. The number of amides is 1. The number of aryl methyl sites for hydroxylation is 1. The fourth-order valence-corrected chi connectivity index (χ4v) is 3.57. The molecule has 0 unspecified atom stereocenters. The number of fused-ring (bicyclic) bond motifs is 2. The van der Waals surface area contributed by atoms with Gasteiger partial charge in [0, 0.05) is 13.1 Å². The first-order chi connectivity index (χ1) is 13.1. The zero-order valence-electron chi connectivity index (χ0n) is 15.4. The summed E-state index contributed by atoms with van der Waals surface area (Å²) in [5.41, 5.74) is 2.81. The molecule has 0 N–H and O–H groups in total. The van der Waals surface area contributed by atoms with Crippen LogP contribution in [0.2, 0.25) is 0 Å². The van der Waals surface area contributed by atoms with E-state index in [0.717, 1.165) is 17.7 Å². The monoisotopic (exact) mass is 363 g/mol. The smallest absolute Gasteiger partial charge is 0.261 e. The van der Waals surface area contributed by atoms with Crippen LogP contribution in [0.5, 0.6) is 5.75 Å². The maximum atomic E-state index is 12.9. The number of carbonyl (C=O) groups excluding carboxylic acids is 1. The predicted molar refractivity (Wildman–Crippen MR) is 103 cm³/mol. The summed E-state index contributed by atoms with van der Waals surface area (Å²) < 4.78 is 6.75. The van der Waals surface area contributed by atoms with Crippen molar-refractivity contribution in [2.45, 2.75) is 26.4 Å². The Labute approximate surface area is 157 Å². The second-order valence-corrected chi connectivity index (χ2v) is 6.77. The molecule has 1 aromatic heterocycles.